The number of halogens is 2. The molecule has 40 heavy (non-hydrogen) atoms. The highest BCUT2D eigenvalue weighted by atomic mass is 79.9. The van der Waals surface area contributed by atoms with Crippen molar-refractivity contribution in [3.63, 3.8) is 0 Å². The number of nitrogens with one attached hydrogen (secondary N) is 1. The van der Waals surface area contributed by atoms with Gasteiger partial charge in [0.25, 0.3) is 10.0 Å². The average molecular weight is 649 g/mol. The van der Waals surface area contributed by atoms with Crippen LogP contribution in [0.15, 0.2) is 76.1 Å². The Morgan fingerprint density at radius 2 is 1.73 bits per heavy atom. The predicted octanol–water partition coefficient (Wildman–Crippen LogP) is 6.25. The standard InChI is InChI=1S/C30H35BrClN3O4S/c1-5-6-16-33-30(37)23(4)34(19-24-8-7-9-25(31)18-24)29(36)20-35(28-15-12-26(32)17-22(28)3)40(38,39)27-13-10-21(2)11-14-27/h7-15,17-18,23H,5-6,16,19-20H2,1-4H3,(H,33,37)/t23-/m1/s1. The number of carbonyl (C=O) groups excluding carboxylic acids is 2. The van der Waals surface area contributed by atoms with Gasteiger partial charge in [-0.3, -0.25) is 13.9 Å². The molecule has 0 aromatic heterocycles. The summed E-state index contributed by atoms with van der Waals surface area (Å²) >= 11 is 9.62. The van der Waals surface area contributed by atoms with Crippen molar-refractivity contribution < 1.29 is 18.0 Å². The molecule has 0 heterocycles. The van der Waals surface area contributed by atoms with Gasteiger partial charge in [-0.25, -0.2) is 8.42 Å². The third-order valence-electron chi connectivity index (χ3n) is 6.55. The summed E-state index contributed by atoms with van der Waals surface area (Å²) in [4.78, 5) is 28.5. The number of rotatable bonds is 12. The van der Waals surface area contributed by atoms with Crippen LogP contribution in [0.4, 0.5) is 5.69 Å². The van der Waals surface area contributed by atoms with Crippen LogP contribution in [0, 0.1) is 13.8 Å². The Bertz CT molecular complexity index is 1450. The fourth-order valence-electron chi connectivity index (χ4n) is 4.20. The van der Waals surface area contributed by atoms with Crippen molar-refractivity contribution >= 4 is 55.1 Å². The normalized spacial score (nSPS) is 12.1. The summed E-state index contributed by atoms with van der Waals surface area (Å²) in [5.41, 5.74) is 2.64. The highest BCUT2D eigenvalue weighted by Crippen LogP contribution is 2.29. The number of aryl methyl sites for hydroxylation is 2. The largest absolute Gasteiger partial charge is 0.354 e. The first-order valence-corrected chi connectivity index (χ1v) is 15.7. The van der Waals surface area contributed by atoms with Crippen molar-refractivity contribution in [2.45, 2.75) is 58.0 Å². The van der Waals surface area contributed by atoms with Gasteiger partial charge in [0.05, 0.1) is 10.6 Å². The smallest absolute Gasteiger partial charge is 0.264 e. The summed E-state index contributed by atoms with van der Waals surface area (Å²) in [5, 5.41) is 3.34. The van der Waals surface area contributed by atoms with Crippen molar-refractivity contribution in [1.82, 2.24) is 10.2 Å². The molecule has 2 amide bonds. The number of benzene rings is 3. The Labute approximate surface area is 250 Å². The lowest BCUT2D eigenvalue weighted by Crippen LogP contribution is -2.51. The SMILES string of the molecule is CCCCNC(=O)[C@@H](C)N(Cc1cccc(Br)c1)C(=O)CN(c1ccc(Cl)cc1C)S(=O)(=O)c1ccc(C)cc1. The molecule has 3 aromatic carbocycles. The summed E-state index contributed by atoms with van der Waals surface area (Å²) in [6, 6.07) is 17.9. The minimum Gasteiger partial charge on any atom is -0.354 e. The molecule has 7 nitrogen and oxygen atoms in total. The molecule has 0 saturated carbocycles. The maximum absolute atomic E-state index is 14.0. The van der Waals surface area contributed by atoms with Gasteiger partial charge in [0.1, 0.15) is 12.6 Å². The Hall–Kier alpha value is -2.88. The van der Waals surface area contributed by atoms with Gasteiger partial charge in [-0.1, -0.05) is 70.7 Å². The van der Waals surface area contributed by atoms with Crippen molar-refractivity contribution in [2.24, 2.45) is 0 Å². The summed E-state index contributed by atoms with van der Waals surface area (Å²) in [6.07, 6.45) is 1.73. The molecule has 0 aliphatic carbocycles. The van der Waals surface area contributed by atoms with Gasteiger partial charge in [0, 0.05) is 22.6 Å². The second kappa shape index (κ2) is 14.1. The van der Waals surface area contributed by atoms with Gasteiger partial charge >= 0.3 is 0 Å². The molecule has 0 spiro atoms. The van der Waals surface area contributed by atoms with Gasteiger partial charge in [0.2, 0.25) is 11.8 Å². The van der Waals surface area contributed by atoms with Crippen LogP contribution in [0.1, 0.15) is 43.4 Å². The number of nitrogens with zero attached hydrogens (tertiary/aromatic N) is 2. The average Bonchev–Trinajstić information content (AvgIpc) is 2.90. The van der Waals surface area contributed by atoms with Crippen molar-refractivity contribution in [3.05, 3.63) is 92.9 Å². The van der Waals surface area contributed by atoms with E-state index in [1.165, 1.54) is 17.0 Å². The van der Waals surface area contributed by atoms with Crippen LogP contribution in [0.3, 0.4) is 0 Å². The second-order valence-electron chi connectivity index (χ2n) is 9.73. The first-order valence-electron chi connectivity index (χ1n) is 13.1. The zero-order valence-electron chi connectivity index (χ0n) is 23.2. The van der Waals surface area contributed by atoms with Crippen LogP contribution in [0.5, 0.6) is 0 Å². The number of hydrogen-bond acceptors (Lipinski definition) is 4. The molecular formula is C30H35BrClN3O4S. The van der Waals surface area contributed by atoms with Crippen molar-refractivity contribution in [2.75, 3.05) is 17.4 Å². The molecule has 0 bridgehead atoms. The summed E-state index contributed by atoms with van der Waals surface area (Å²) < 4.78 is 29.8. The minimum absolute atomic E-state index is 0.0594. The Balaban J connectivity index is 2.04. The molecule has 0 radical (unpaired) electrons. The molecule has 1 atom stereocenters. The molecule has 0 unspecified atom stereocenters. The van der Waals surface area contributed by atoms with Crippen LogP contribution in [-0.2, 0) is 26.2 Å². The summed E-state index contributed by atoms with van der Waals surface area (Å²) in [5.74, 6) is -0.810. The Kier molecular flexibility index (Phi) is 11.2. The van der Waals surface area contributed by atoms with Gasteiger partial charge in [-0.05, 0) is 80.8 Å². The van der Waals surface area contributed by atoms with Gasteiger partial charge in [0.15, 0.2) is 0 Å². The topological polar surface area (TPSA) is 86.8 Å². The van der Waals surface area contributed by atoms with E-state index >= 15 is 0 Å². The van der Waals surface area contributed by atoms with Gasteiger partial charge in [-0.2, -0.15) is 0 Å². The van der Waals surface area contributed by atoms with E-state index in [0.29, 0.717) is 22.8 Å². The lowest BCUT2D eigenvalue weighted by Gasteiger charge is -2.32. The maximum Gasteiger partial charge on any atom is 0.264 e. The van der Waals surface area contributed by atoms with Crippen LogP contribution in [0.2, 0.25) is 5.02 Å². The first-order chi connectivity index (χ1) is 18.9. The van der Waals surface area contributed by atoms with Crippen LogP contribution in [0.25, 0.3) is 0 Å². The lowest BCUT2D eigenvalue weighted by molar-refractivity contribution is -0.139. The lowest BCUT2D eigenvalue weighted by atomic mass is 10.1. The second-order valence-corrected chi connectivity index (χ2v) is 12.9. The number of carbonyl (C=O) groups is 2. The van der Waals surface area contributed by atoms with E-state index in [2.05, 4.69) is 21.2 Å². The molecule has 0 aliphatic rings. The van der Waals surface area contributed by atoms with E-state index in [1.807, 2.05) is 38.1 Å². The molecule has 10 heteroatoms. The number of amides is 2. The van der Waals surface area contributed by atoms with Crippen molar-refractivity contribution in [1.29, 1.82) is 0 Å². The Morgan fingerprint density at radius 1 is 1.02 bits per heavy atom. The third-order valence-corrected chi connectivity index (χ3v) is 9.06. The molecule has 3 rings (SSSR count). The highest BCUT2D eigenvalue weighted by molar-refractivity contribution is 9.10. The Morgan fingerprint density at radius 3 is 2.35 bits per heavy atom. The molecule has 0 saturated heterocycles. The van der Waals surface area contributed by atoms with Crippen LogP contribution < -0.4 is 9.62 Å². The van der Waals surface area contributed by atoms with E-state index in [1.54, 1.807) is 44.2 Å². The van der Waals surface area contributed by atoms with Gasteiger partial charge < -0.3 is 10.2 Å². The number of hydrogen-bond donors (Lipinski definition) is 1. The molecule has 214 valence electrons. The van der Waals surface area contributed by atoms with Crippen molar-refractivity contribution in [3.8, 4) is 0 Å². The van der Waals surface area contributed by atoms with E-state index < -0.39 is 28.5 Å². The number of sulfonamides is 1. The fourth-order valence-corrected chi connectivity index (χ4v) is 6.35. The number of unbranched alkanes of at least 4 members (excludes halogenated alkanes) is 1. The van der Waals surface area contributed by atoms with Crippen LogP contribution >= 0.6 is 27.5 Å². The minimum atomic E-state index is -4.14. The number of anilines is 1. The maximum atomic E-state index is 14.0. The molecular weight excluding hydrogens is 614 g/mol. The monoisotopic (exact) mass is 647 g/mol. The van der Waals surface area contributed by atoms with E-state index in [4.69, 9.17) is 11.6 Å². The predicted molar refractivity (Wildman–Crippen MR) is 164 cm³/mol. The molecule has 3 aromatic rings. The first kappa shape index (κ1) is 31.6. The van der Waals surface area contributed by atoms with Crippen LogP contribution in [-0.4, -0.2) is 44.3 Å². The van der Waals surface area contributed by atoms with E-state index in [0.717, 1.165) is 32.7 Å². The van der Waals surface area contributed by atoms with E-state index in [9.17, 15) is 18.0 Å². The highest BCUT2D eigenvalue weighted by Gasteiger charge is 2.33. The van der Waals surface area contributed by atoms with Gasteiger partial charge in [-0.15, -0.1) is 0 Å². The quantitative estimate of drug-likeness (QED) is 0.235. The van der Waals surface area contributed by atoms with E-state index in [-0.39, 0.29) is 17.3 Å². The summed E-state index contributed by atoms with van der Waals surface area (Å²) in [7, 11) is -4.14. The fraction of sp³-hybridized carbons (Fsp3) is 0.333. The molecule has 0 fully saturated rings. The molecule has 0 aliphatic heterocycles. The third kappa shape index (κ3) is 8.08. The summed E-state index contributed by atoms with van der Waals surface area (Å²) in [6.45, 7) is 7.42. The molecule has 1 N–H and O–H groups in total. The zero-order chi connectivity index (χ0) is 29.4. The zero-order valence-corrected chi connectivity index (χ0v) is 26.3.